The van der Waals surface area contributed by atoms with Gasteiger partial charge in [0.05, 0.1) is 17.9 Å². The number of para-hydroxylation sites is 1. The molecule has 1 radical (unpaired) electrons. The van der Waals surface area contributed by atoms with Crippen LogP contribution in [0.25, 0.3) is 10.6 Å². The molecular formula is C35H37Cl3CuN4O6. The molecule has 0 N–H and O–H groups in total. The van der Waals surface area contributed by atoms with Gasteiger partial charge >= 0.3 is 23.1 Å². The summed E-state index contributed by atoms with van der Waals surface area (Å²) >= 11 is 17.3. The average molecular weight is 780 g/mol. The second kappa shape index (κ2) is 22.5. The van der Waals surface area contributed by atoms with Gasteiger partial charge in [0.2, 0.25) is 12.2 Å². The molecule has 0 atom stereocenters. The van der Waals surface area contributed by atoms with Gasteiger partial charge < -0.3 is 29.8 Å². The SMILES string of the molecule is CC(C)OC(=O)[N-]c1cccc(Cl)c1.CC(C)OC(=O)[N-]c1cccc(Cl)c1.CN(C)C(=O)N(Oc1ccc(Cl)cc1)c1ccccc1.[Cu+2]. The molecule has 0 saturated carbocycles. The van der Waals surface area contributed by atoms with Crippen LogP contribution in [0.15, 0.2) is 103 Å². The Morgan fingerprint density at radius 2 is 1.06 bits per heavy atom. The Morgan fingerprint density at radius 3 is 1.45 bits per heavy atom. The van der Waals surface area contributed by atoms with Crippen molar-refractivity contribution in [2.24, 2.45) is 0 Å². The van der Waals surface area contributed by atoms with Crippen LogP contribution in [-0.2, 0) is 26.5 Å². The average Bonchev–Trinajstić information content (AvgIpc) is 3.00. The van der Waals surface area contributed by atoms with E-state index in [1.165, 1.54) is 9.96 Å². The summed E-state index contributed by atoms with van der Waals surface area (Å²) in [5.41, 5.74) is 1.66. The Kier molecular flexibility index (Phi) is 19.7. The van der Waals surface area contributed by atoms with Crippen LogP contribution >= 0.6 is 34.8 Å². The molecule has 0 spiro atoms. The quantitative estimate of drug-likeness (QED) is 0.136. The third-order valence-electron chi connectivity index (χ3n) is 5.29. The number of anilines is 1. The maximum absolute atomic E-state index is 12.2. The Hall–Kier alpha value is -4.12. The van der Waals surface area contributed by atoms with Crippen molar-refractivity contribution in [3.63, 3.8) is 0 Å². The number of hydrogen-bond donors (Lipinski definition) is 0. The minimum Gasteiger partial charge on any atom is -0.591 e. The van der Waals surface area contributed by atoms with Gasteiger partial charge in [-0.3, -0.25) is 9.59 Å². The van der Waals surface area contributed by atoms with E-state index in [4.69, 9.17) is 49.1 Å². The van der Waals surface area contributed by atoms with Crippen LogP contribution in [-0.4, -0.2) is 49.4 Å². The molecule has 0 heterocycles. The van der Waals surface area contributed by atoms with Gasteiger partial charge in [0.1, 0.15) is 0 Å². The van der Waals surface area contributed by atoms with Crippen LogP contribution in [0, 0.1) is 0 Å². The normalized spacial score (nSPS) is 9.78. The molecule has 4 aromatic carbocycles. The number of amides is 4. The van der Waals surface area contributed by atoms with Gasteiger partial charge in [-0.25, -0.2) is 4.79 Å². The number of urea groups is 1. The first-order valence-corrected chi connectivity index (χ1v) is 15.7. The summed E-state index contributed by atoms with van der Waals surface area (Å²) in [6.07, 6.45) is -1.51. The molecule has 0 aliphatic carbocycles. The molecule has 0 saturated heterocycles. The van der Waals surface area contributed by atoms with Gasteiger partial charge in [-0.2, -0.15) is 0 Å². The van der Waals surface area contributed by atoms with E-state index in [0.717, 1.165) is 0 Å². The Labute approximate surface area is 313 Å². The van der Waals surface area contributed by atoms with Crippen molar-refractivity contribution in [3.8, 4) is 5.75 Å². The van der Waals surface area contributed by atoms with Crippen LogP contribution in [0.4, 0.5) is 31.4 Å². The minimum atomic E-state index is -0.595. The number of halogens is 3. The Bertz CT molecular complexity index is 1530. The number of benzene rings is 4. The topological polar surface area (TPSA) is 114 Å². The second-order valence-corrected chi connectivity index (χ2v) is 11.7. The molecule has 14 heteroatoms. The van der Waals surface area contributed by atoms with Gasteiger partial charge in [-0.15, -0.1) is 16.4 Å². The van der Waals surface area contributed by atoms with E-state index in [0.29, 0.717) is 37.9 Å². The zero-order valence-corrected chi connectivity index (χ0v) is 30.9. The van der Waals surface area contributed by atoms with Crippen LogP contribution in [0.5, 0.6) is 5.75 Å². The summed E-state index contributed by atoms with van der Waals surface area (Å²) in [5.74, 6) is 0.536. The molecular weight excluding hydrogens is 742 g/mol. The van der Waals surface area contributed by atoms with Crippen LogP contribution < -0.4 is 9.90 Å². The second-order valence-electron chi connectivity index (χ2n) is 10.4. The fraction of sp³-hybridized carbons (Fsp3) is 0.229. The van der Waals surface area contributed by atoms with Gasteiger partial charge in [0.25, 0.3) is 0 Å². The molecule has 0 aromatic heterocycles. The molecule has 10 nitrogen and oxygen atoms in total. The van der Waals surface area contributed by atoms with Crippen molar-refractivity contribution >= 4 is 70.1 Å². The summed E-state index contributed by atoms with van der Waals surface area (Å²) in [7, 11) is 3.34. The van der Waals surface area contributed by atoms with Gasteiger partial charge in [-0.05, 0) is 76.2 Å². The van der Waals surface area contributed by atoms with Gasteiger partial charge in [-0.1, -0.05) is 89.4 Å². The van der Waals surface area contributed by atoms with Crippen molar-refractivity contribution in [1.29, 1.82) is 0 Å². The number of hydrogen-bond acceptors (Lipinski definition) is 6. The first-order chi connectivity index (χ1) is 22.7. The Morgan fingerprint density at radius 1 is 0.612 bits per heavy atom. The summed E-state index contributed by atoms with van der Waals surface area (Å²) in [6.45, 7) is 7.08. The molecule has 49 heavy (non-hydrogen) atoms. The van der Waals surface area contributed by atoms with Crippen molar-refractivity contribution in [2.75, 3.05) is 19.2 Å². The zero-order valence-electron chi connectivity index (χ0n) is 27.6. The Balaban J connectivity index is 0.000000373. The van der Waals surface area contributed by atoms with Gasteiger partial charge in [0, 0.05) is 29.2 Å². The molecule has 0 aliphatic heterocycles. The fourth-order valence-electron chi connectivity index (χ4n) is 3.31. The third-order valence-corrected chi connectivity index (χ3v) is 6.01. The third kappa shape index (κ3) is 17.7. The molecule has 4 aromatic rings. The van der Waals surface area contributed by atoms with Crippen LogP contribution in [0.2, 0.25) is 15.1 Å². The van der Waals surface area contributed by atoms with Crippen LogP contribution in [0.1, 0.15) is 27.7 Å². The van der Waals surface area contributed by atoms with E-state index in [1.807, 2.05) is 18.2 Å². The fourth-order valence-corrected chi connectivity index (χ4v) is 3.80. The molecule has 0 unspecified atom stereocenters. The largest absolute Gasteiger partial charge is 2.00 e. The number of hydroxylamine groups is 1. The number of nitrogens with zero attached hydrogens (tertiary/aromatic N) is 4. The number of carbonyl (C=O) groups is 3. The standard InChI is InChI=1S/C15H15ClN2O2.2C10H12ClNO2.Cu/c1-17(2)15(19)18(13-6-4-3-5-7-13)20-14-10-8-12(16)9-11-14;2*1-7(2)14-10(13)12-9-5-3-4-8(11)6-9;/h3-11H,1-2H3;2*3-7H,1-2H3,(H,12,13);/q;;;+2/p-2. The first kappa shape index (κ1) is 42.9. The van der Waals surface area contributed by atoms with Crippen molar-refractivity contribution in [3.05, 3.63) is 129 Å². The number of ether oxygens (including phenoxy) is 2. The van der Waals surface area contributed by atoms with Crippen molar-refractivity contribution in [1.82, 2.24) is 4.90 Å². The minimum absolute atomic E-state index is 0. The molecule has 0 aliphatic rings. The number of carbonyl (C=O) groups excluding carboxylic acids is 3. The van der Waals surface area contributed by atoms with Crippen LogP contribution in [0.3, 0.4) is 0 Å². The summed E-state index contributed by atoms with van der Waals surface area (Å²) < 4.78 is 9.69. The van der Waals surface area contributed by atoms with E-state index < -0.39 is 12.2 Å². The summed E-state index contributed by atoms with van der Waals surface area (Å²) in [4.78, 5) is 41.5. The van der Waals surface area contributed by atoms with E-state index in [9.17, 15) is 14.4 Å². The first-order valence-electron chi connectivity index (χ1n) is 14.6. The predicted octanol–water partition coefficient (Wildman–Crippen LogP) is 11.6. The molecule has 4 amide bonds. The van der Waals surface area contributed by atoms with E-state index in [1.54, 1.807) is 127 Å². The predicted molar refractivity (Wildman–Crippen MR) is 192 cm³/mol. The van der Waals surface area contributed by atoms with E-state index in [-0.39, 0.29) is 35.3 Å². The molecule has 0 bridgehead atoms. The maximum Gasteiger partial charge on any atom is 2.00 e. The molecule has 4 rings (SSSR count). The number of rotatable bonds is 7. The van der Waals surface area contributed by atoms with E-state index in [2.05, 4.69) is 10.6 Å². The monoisotopic (exact) mass is 777 g/mol. The van der Waals surface area contributed by atoms with Crippen molar-refractivity contribution < 1.29 is 45.8 Å². The van der Waals surface area contributed by atoms with Gasteiger partial charge in [0.15, 0.2) is 5.75 Å². The summed E-state index contributed by atoms with van der Waals surface area (Å²) in [6, 6.07) is 29.2. The molecule has 0 fully saturated rings. The van der Waals surface area contributed by atoms with E-state index >= 15 is 0 Å². The molecule has 265 valence electrons. The smallest absolute Gasteiger partial charge is 0.591 e. The van der Waals surface area contributed by atoms with Crippen molar-refractivity contribution in [2.45, 2.75) is 39.9 Å². The maximum atomic E-state index is 12.2. The zero-order chi connectivity index (χ0) is 35.6. The summed E-state index contributed by atoms with van der Waals surface area (Å²) in [5, 5.41) is 10.4.